The standard InChI is InChI=1S/C21H33BN3O3.C2H6/c1-12-5-15-8-20(4,28)10-21(7-12,9-15)17(22-11-23)19(27)25-14(3)13(2)6-16(25)18(24)26;1-2/h12-17,28H,5-10H2,1-4H3,(H2,24,26);1-2H3/t12?,13-,14?,15?,16?,17?,20?,21+;/m0./s1. The summed E-state index contributed by atoms with van der Waals surface area (Å²) in [6, 6.07) is -0.721. The maximum Gasteiger partial charge on any atom is 0.268 e. The number of likely N-dealkylation sites (tertiary alicyclic amines) is 1. The molecule has 3 N–H and O–H groups in total. The Bertz CT molecular complexity index is 688. The molecule has 3 rings (SSSR count). The number of hydrogen-bond donors (Lipinski definition) is 2. The lowest BCUT2D eigenvalue weighted by atomic mass is 9.43. The van der Waals surface area contributed by atoms with Gasteiger partial charge in [-0.3, -0.25) is 9.59 Å². The fraction of sp³-hybridized carbons (Fsp3) is 0.870. The van der Waals surface area contributed by atoms with Crippen molar-refractivity contribution in [1.29, 1.82) is 5.26 Å². The number of aliphatic hydroxyl groups is 1. The van der Waals surface area contributed by atoms with Crippen molar-refractivity contribution in [2.24, 2.45) is 28.9 Å². The summed E-state index contributed by atoms with van der Waals surface area (Å²) in [5.74, 6) is 1.81. The molecule has 1 radical (unpaired) electrons. The lowest BCUT2D eigenvalue weighted by molar-refractivity contribution is -0.147. The highest BCUT2D eigenvalue weighted by Gasteiger charge is 2.56. The van der Waals surface area contributed by atoms with Gasteiger partial charge in [0.2, 0.25) is 11.8 Å². The van der Waals surface area contributed by atoms with Crippen molar-refractivity contribution in [3.05, 3.63) is 0 Å². The van der Waals surface area contributed by atoms with Gasteiger partial charge >= 0.3 is 0 Å². The maximum absolute atomic E-state index is 13.8. The monoisotopic (exact) mass is 416 g/mol. The van der Waals surface area contributed by atoms with Crippen LogP contribution in [0.2, 0.25) is 5.82 Å². The number of nitriles is 1. The van der Waals surface area contributed by atoms with E-state index in [1.54, 1.807) is 4.90 Å². The number of primary amides is 1. The Labute approximate surface area is 182 Å². The highest BCUT2D eigenvalue weighted by molar-refractivity contribution is 6.52. The van der Waals surface area contributed by atoms with E-state index < -0.39 is 28.8 Å². The normalized spacial score (nSPS) is 41.1. The molecule has 0 spiro atoms. The molecule has 1 saturated heterocycles. The van der Waals surface area contributed by atoms with Gasteiger partial charge in [-0.1, -0.05) is 27.7 Å². The van der Waals surface area contributed by atoms with Crippen molar-refractivity contribution in [2.45, 2.75) is 104 Å². The fourth-order valence-electron chi connectivity index (χ4n) is 6.78. The molecule has 1 heterocycles. The molecule has 1 aliphatic heterocycles. The molecule has 167 valence electrons. The summed E-state index contributed by atoms with van der Waals surface area (Å²) < 4.78 is 0. The third kappa shape index (κ3) is 4.69. The number of hydrogen-bond acceptors (Lipinski definition) is 4. The minimum atomic E-state index is -0.835. The van der Waals surface area contributed by atoms with E-state index in [1.807, 2.05) is 34.6 Å². The van der Waals surface area contributed by atoms with Gasteiger partial charge in [-0.05, 0) is 81.5 Å². The van der Waals surface area contributed by atoms with Gasteiger partial charge in [-0.2, -0.15) is 0 Å². The van der Waals surface area contributed by atoms with Crippen LogP contribution in [0.1, 0.15) is 80.1 Å². The zero-order valence-electron chi connectivity index (χ0n) is 19.5. The summed E-state index contributed by atoms with van der Waals surface area (Å²) >= 11 is 0. The van der Waals surface area contributed by atoms with Crippen molar-refractivity contribution in [3.63, 3.8) is 0 Å². The number of rotatable bonds is 4. The van der Waals surface area contributed by atoms with Gasteiger partial charge in [0.1, 0.15) is 6.04 Å². The molecule has 0 aromatic heterocycles. The zero-order chi connectivity index (χ0) is 22.9. The van der Waals surface area contributed by atoms with Crippen molar-refractivity contribution in [3.8, 4) is 5.97 Å². The molecule has 3 fully saturated rings. The highest BCUT2D eigenvalue weighted by atomic mass is 16.3. The largest absolute Gasteiger partial charge is 0.390 e. The number of carbonyl (C=O) groups excluding carboxylic acids is 2. The number of carbonyl (C=O) groups is 2. The van der Waals surface area contributed by atoms with Crippen LogP contribution in [0.25, 0.3) is 0 Å². The Morgan fingerprint density at radius 2 is 1.83 bits per heavy atom. The van der Waals surface area contributed by atoms with Gasteiger partial charge in [0, 0.05) is 11.9 Å². The van der Waals surface area contributed by atoms with Gasteiger partial charge in [0.05, 0.1) is 5.60 Å². The second kappa shape index (κ2) is 9.30. The quantitative estimate of drug-likeness (QED) is 0.687. The van der Waals surface area contributed by atoms with Crippen molar-refractivity contribution in [2.75, 3.05) is 0 Å². The predicted molar refractivity (Wildman–Crippen MR) is 118 cm³/mol. The smallest absolute Gasteiger partial charge is 0.268 e. The van der Waals surface area contributed by atoms with Crippen LogP contribution >= 0.6 is 0 Å². The molecule has 30 heavy (non-hydrogen) atoms. The molecular formula is C23H39BN3O3. The second-order valence-corrected chi connectivity index (χ2v) is 10.2. The van der Waals surface area contributed by atoms with Gasteiger partial charge in [0.25, 0.3) is 7.28 Å². The van der Waals surface area contributed by atoms with Crippen LogP contribution in [0.5, 0.6) is 0 Å². The lowest BCUT2D eigenvalue weighted by Crippen LogP contribution is -2.56. The van der Waals surface area contributed by atoms with Gasteiger partial charge < -0.3 is 15.7 Å². The summed E-state index contributed by atoms with van der Waals surface area (Å²) in [6.07, 6.45) is 4.52. The van der Waals surface area contributed by atoms with Crippen LogP contribution < -0.4 is 5.73 Å². The fourth-order valence-corrected chi connectivity index (χ4v) is 6.78. The molecule has 7 heteroatoms. The summed E-state index contributed by atoms with van der Waals surface area (Å²) in [4.78, 5) is 27.5. The van der Waals surface area contributed by atoms with Crippen molar-refractivity contribution < 1.29 is 14.7 Å². The van der Waals surface area contributed by atoms with E-state index in [1.165, 1.54) is 7.28 Å². The van der Waals surface area contributed by atoms with Crippen LogP contribution in [0.15, 0.2) is 0 Å². The third-order valence-electron chi connectivity index (χ3n) is 7.59. The molecule has 2 amide bonds. The second-order valence-electron chi connectivity index (χ2n) is 10.2. The van der Waals surface area contributed by atoms with Crippen molar-refractivity contribution in [1.82, 2.24) is 4.90 Å². The summed E-state index contributed by atoms with van der Waals surface area (Å²) in [6.45, 7) is 12.0. The van der Waals surface area contributed by atoms with E-state index in [0.717, 1.165) is 25.7 Å². The van der Waals surface area contributed by atoms with E-state index in [-0.39, 0.29) is 17.9 Å². The number of nitrogens with zero attached hydrogens (tertiary/aromatic N) is 2. The Kier molecular flexibility index (Phi) is 7.66. The van der Waals surface area contributed by atoms with Crippen LogP contribution in [0.4, 0.5) is 0 Å². The van der Waals surface area contributed by atoms with E-state index in [9.17, 15) is 20.0 Å². The molecule has 6 nitrogen and oxygen atoms in total. The summed E-state index contributed by atoms with van der Waals surface area (Å²) in [5, 5.41) is 20.4. The maximum atomic E-state index is 13.8. The Hall–Kier alpha value is -1.55. The molecule has 3 aliphatic rings. The average Bonchev–Trinajstić information content (AvgIpc) is 2.94. The Balaban J connectivity index is 0.00000155. The molecule has 0 aromatic rings. The van der Waals surface area contributed by atoms with E-state index in [2.05, 4.69) is 12.9 Å². The van der Waals surface area contributed by atoms with E-state index in [4.69, 9.17) is 5.73 Å². The molecule has 2 saturated carbocycles. The van der Waals surface area contributed by atoms with Gasteiger partial charge in [0.15, 0.2) is 0 Å². The highest BCUT2D eigenvalue weighted by Crippen LogP contribution is 2.59. The molecule has 2 aliphatic carbocycles. The number of fused-ring (bicyclic) bond motifs is 2. The minimum absolute atomic E-state index is 0.100. The third-order valence-corrected chi connectivity index (χ3v) is 7.59. The van der Waals surface area contributed by atoms with Crippen LogP contribution in [0.3, 0.4) is 0 Å². The summed E-state index contributed by atoms with van der Waals surface area (Å²) in [5.41, 5.74) is 4.34. The number of amides is 2. The predicted octanol–water partition coefficient (Wildman–Crippen LogP) is 3.06. The topological polar surface area (TPSA) is 107 Å². The van der Waals surface area contributed by atoms with Crippen LogP contribution in [-0.4, -0.2) is 46.8 Å². The SMILES string of the molecule is CC.CC1CC2CC(C)(O)C[C@@](C([B]C#N)C(=O)N3C(C(N)=O)C[C@H](C)C3C)(C1)C2. The van der Waals surface area contributed by atoms with Gasteiger partial charge in [-0.15, -0.1) is 0 Å². The van der Waals surface area contributed by atoms with Crippen molar-refractivity contribution >= 4 is 19.1 Å². The van der Waals surface area contributed by atoms with Crippen LogP contribution in [0, 0.1) is 34.4 Å². The Morgan fingerprint density at radius 3 is 2.40 bits per heavy atom. The lowest BCUT2D eigenvalue weighted by Gasteiger charge is -2.56. The number of nitrogens with two attached hydrogens (primary N) is 1. The van der Waals surface area contributed by atoms with Gasteiger partial charge in [-0.25, -0.2) is 5.26 Å². The molecule has 2 bridgehead atoms. The zero-order valence-corrected chi connectivity index (χ0v) is 19.5. The summed E-state index contributed by atoms with van der Waals surface area (Å²) in [7, 11) is 1.45. The van der Waals surface area contributed by atoms with E-state index >= 15 is 0 Å². The average molecular weight is 416 g/mol. The first-order valence-electron chi connectivity index (χ1n) is 11.6. The molecule has 8 atom stereocenters. The molecular weight excluding hydrogens is 377 g/mol. The first-order valence-corrected chi connectivity index (χ1v) is 11.6. The van der Waals surface area contributed by atoms with E-state index in [0.29, 0.717) is 24.7 Å². The first-order chi connectivity index (χ1) is 14.0. The molecule has 6 unspecified atom stereocenters. The molecule has 0 aromatic carbocycles. The Morgan fingerprint density at radius 1 is 1.20 bits per heavy atom. The van der Waals surface area contributed by atoms with Crippen LogP contribution in [-0.2, 0) is 9.59 Å². The first kappa shape index (κ1) is 24.7. The minimum Gasteiger partial charge on any atom is -0.390 e.